The number of amides is 1. The largest absolute Gasteiger partial charge is 0.480 e. The van der Waals surface area contributed by atoms with Crippen molar-refractivity contribution in [3.63, 3.8) is 0 Å². The highest BCUT2D eigenvalue weighted by molar-refractivity contribution is 5.96. The number of carboxylic acids is 1. The maximum absolute atomic E-state index is 12.0. The van der Waals surface area contributed by atoms with Crippen molar-refractivity contribution in [2.24, 2.45) is 0 Å². The summed E-state index contributed by atoms with van der Waals surface area (Å²) in [7, 11) is 0. The number of nitrogens with zero attached hydrogens (tertiary/aromatic N) is 1. The summed E-state index contributed by atoms with van der Waals surface area (Å²) in [6.07, 6.45) is 2.63. The van der Waals surface area contributed by atoms with E-state index in [1.807, 2.05) is 0 Å². The van der Waals surface area contributed by atoms with Crippen LogP contribution in [0.1, 0.15) is 41.9 Å². The zero-order chi connectivity index (χ0) is 13.2. The van der Waals surface area contributed by atoms with Crippen molar-refractivity contribution in [3.8, 4) is 0 Å². The van der Waals surface area contributed by atoms with Crippen molar-refractivity contribution >= 4 is 11.9 Å². The molecule has 0 unspecified atom stereocenters. The number of rotatable bonds is 3. The highest BCUT2D eigenvalue weighted by Crippen LogP contribution is 2.30. The summed E-state index contributed by atoms with van der Waals surface area (Å²) in [6.45, 7) is 1.79. The Labute approximate surface area is 105 Å². The van der Waals surface area contributed by atoms with Crippen molar-refractivity contribution in [2.45, 2.75) is 38.1 Å². The molecular weight excluding hydrogens is 232 g/mol. The average molecular weight is 248 g/mol. The minimum absolute atomic E-state index is 0.266. The van der Waals surface area contributed by atoms with Gasteiger partial charge >= 0.3 is 5.97 Å². The highest BCUT2D eigenvalue weighted by Gasteiger charge is 2.42. The Hall–Kier alpha value is -1.91. The lowest BCUT2D eigenvalue weighted by Gasteiger charge is -2.25. The normalized spacial score (nSPS) is 17.4. The predicted molar refractivity (Wildman–Crippen MR) is 65.3 cm³/mol. The van der Waals surface area contributed by atoms with Crippen LogP contribution in [0.2, 0.25) is 0 Å². The van der Waals surface area contributed by atoms with Gasteiger partial charge in [0.05, 0.1) is 0 Å². The Morgan fingerprint density at radius 1 is 1.33 bits per heavy atom. The minimum Gasteiger partial charge on any atom is -0.480 e. The molecule has 1 aliphatic rings. The van der Waals surface area contributed by atoms with E-state index in [1.165, 1.54) is 0 Å². The summed E-state index contributed by atoms with van der Waals surface area (Å²) < 4.78 is 0. The van der Waals surface area contributed by atoms with E-state index in [4.69, 9.17) is 0 Å². The fourth-order valence-corrected chi connectivity index (χ4v) is 2.32. The molecule has 1 amide bonds. The highest BCUT2D eigenvalue weighted by atomic mass is 16.4. The Kier molecular flexibility index (Phi) is 3.32. The number of pyridine rings is 1. The Balaban J connectivity index is 2.18. The Morgan fingerprint density at radius 2 is 2.00 bits per heavy atom. The molecule has 0 saturated heterocycles. The maximum atomic E-state index is 12.0. The molecule has 2 rings (SSSR count). The van der Waals surface area contributed by atoms with Crippen LogP contribution in [-0.4, -0.2) is 27.5 Å². The van der Waals surface area contributed by atoms with Crippen molar-refractivity contribution in [1.82, 2.24) is 10.3 Å². The molecule has 0 aliphatic heterocycles. The number of carboxylic acid groups (broad SMARTS) is 1. The molecule has 5 heteroatoms. The van der Waals surface area contributed by atoms with Gasteiger partial charge in [0, 0.05) is 5.69 Å². The lowest BCUT2D eigenvalue weighted by Crippen LogP contribution is -2.52. The molecule has 1 aromatic heterocycles. The lowest BCUT2D eigenvalue weighted by molar-refractivity contribution is -0.144. The monoisotopic (exact) mass is 248 g/mol. The van der Waals surface area contributed by atoms with E-state index < -0.39 is 17.4 Å². The summed E-state index contributed by atoms with van der Waals surface area (Å²) in [4.78, 5) is 27.4. The number of aliphatic carboxylic acids is 1. The van der Waals surface area contributed by atoms with Gasteiger partial charge in [-0.2, -0.15) is 0 Å². The second kappa shape index (κ2) is 4.76. The van der Waals surface area contributed by atoms with Gasteiger partial charge in [0.2, 0.25) is 0 Å². The van der Waals surface area contributed by atoms with Crippen LogP contribution in [0.25, 0.3) is 0 Å². The zero-order valence-electron chi connectivity index (χ0n) is 10.3. The molecule has 1 fully saturated rings. The molecule has 1 heterocycles. The molecule has 1 aliphatic carbocycles. The molecule has 0 bridgehead atoms. The van der Waals surface area contributed by atoms with Crippen LogP contribution in [0.5, 0.6) is 0 Å². The van der Waals surface area contributed by atoms with Gasteiger partial charge < -0.3 is 10.4 Å². The van der Waals surface area contributed by atoms with Crippen molar-refractivity contribution in [2.75, 3.05) is 0 Å². The van der Waals surface area contributed by atoms with Gasteiger partial charge in [-0.25, -0.2) is 9.78 Å². The van der Waals surface area contributed by atoms with E-state index in [-0.39, 0.29) is 5.69 Å². The molecule has 0 spiro atoms. The second-order valence-corrected chi connectivity index (χ2v) is 4.71. The SMILES string of the molecule is Cc1cccc(C(=O)NC2(C(=O)O)CCCC2)n1. The lowest BCUT2D eigenvalue weighted by atomic mass is 9.97. The molecular formula is C13H16N2O3. The van der Waals surface area contributed by atoms with Gasteiger partial charge in [0.25, 0.3) is 5.91 Å². The summed E-state index contributed by atoms with van der Waals surface area (Å²) in [5.41, 5.74) is -0.108. The summed E-state index contributed by atoms with van der Waals surface area (Å²) >= 11 is 0. The van der Waals surface area contributed by atoms with Crippen LogP contribution >= 0.6 is 0 Å². The fourth-order valence-electron chi connectivity index (χ4n) is 2.32. The average Bonchev–Trinajstić information content (AvgIpc) is 2.79. The number of aromatic nitrogens is 1. The number of hydrogen-bond donors (Lipinski definition) is 2. The van der Waals surface area contributed by atoms with Crippen molar-refractivity contribution in [3.05, 3.63) is 29.6 Å². The fraction of sp³-hybridized carbons (Fsp3) is 0.462. The first-order valence-corrected chi connectivity index (χ1v) is 6.03. The number of hydrogen-bond acceptors (Lipinski definition) is 3. The Morgan fingerprint density at radius 3 is 2.56 bits per heavy atom. The first kappa shape index (κ1) is 12.5. The topological polar surface area (TPSA) is 79.3 Å². The van der Waals surface area contributed by atoms with Crippen LogP contribution < -0.4 is 5.32 Å². The zero-order valence-corrected chi connectivity index (χ0v) is 10.3. The van der Waals surface area contributed by atoms with Gasteiger partial charge in [-0.3, -0.25) is 4.79 Å². The molecule has 1 saturated carbocycles. The van der Waals surface area contributed by atoms with E-state index in [1.54, 1.807) is 25.1 Å². The van der Waals surface area contributed by atoms with Crippen LogP contribution in [0.15, 0.2) is 18.2 Å². The molecule has 0 aromatic carbocycles. The summed E-state index contributed by atoms with van der Waals surface area (Å²) in [6, 6.07) is 5.12. The first-order chi connectivity index (χ1) is 8.53. The molecule has 0 radical (unpaired) electrons. The number of carbonyl (C=O) groups is 2. The predicted octanol–water partition coefficient (Wildman–Crippen LogP) is 1.52. The second-order valence-electron chi connectivity index (χ2n) is 4.71. The summed E-state index contributed by atoms with van der Waals surface area (Å²) in [5.74, 6) is -1.37. The number of nitrogens with one attached hydrogen (secondary N) is 1. The van der Waals surface area contributed by atoms with Crippen LogP contribution in [0, 0.1) is 6.92 Å². The van der Waals surface area contributed by atoms with Gasteiger partial charge in [-0.05, 0) is 31.9 Å². The van der Waals surface area contributed by atoms with E-state index in [9.17, 15) is 14.7 Å². The quantitative estimate of drug-likeness (QED) is 0.850. The Bertz CT molecular complexity index is 479. The third kappa shape index (κ3) is 2.34. The molecule has 2 N–H and O–H groups in total. The molecule has 1 aromatic rings. The molecule has 18 heavy (non-hydrogen) atoms. The first-order valence-electron chi connectivity index (χ1n) is 6.03. The van der Waals surface area contributed by atoms with Gasteiger partial charge in [0.15, 0.2) is 0 Å². The van der Waals surface area contributed by atoms with Gasteiger partial charge in [-0.15, -0.1) is 0 Å². The molecule has 96 valence electrons. The van der Waals surface area contributed by atoms with Crippen LogP contribution in [0.4, 0.5) is 0 Å². The third-order valence-corrected chi connectivity index (χ3v) is 3.34. The van der Waals surface area contributed by atoms with Crippen molar-refractivity contribution < 1.29 is 14.7 Å². The number of aryl methyl sites for hydroxylation is 1. The third-order valence-electron chi connectivity index (χ3n) is 3.34. The summed E-state index contributed by atoms with van der Waals surface area (Å²) in [5, 5.41) is 11.9. The van der Waals surface area contributed by atoms with Gasteiger partial charge in [0.1, 0.15) is 11.2 Å². The minimum atomic E-state index is -1.11. The maximum Gasteiger partial charge on any atom is 0.329 e. The van der Waals surface area contributed by atoms with E-state index in [0.29, 0.717) is 12.8 Å². The van der Waals surface area contributed by atoms with Crippen LogP contribution in [0.3, 0.4) is 0 Å². The van der Waals surface area contributed by atoms with E-state index >= 15 is 0 Å². The smallest absolute Gasteiger partial charge is 0.329 e. The van der Waals surface area contributed by atoms with E-state index in [2.05, 4.69) is 10.3 Å². The van der Waals surface area contributed by atoms with Gasteiger partial charge in [-0.1, -0.05) is 18.9 Å². The van der Waals surface area contributed by atoms with Crippen LogP contribution in [-0.2, 0) is 4.79 Å². The molecule has 5 nitrogen and oxygen atoms in total. The number of carbonyl (C=O) groups excluding carboxylic acids is 1. The van der Waals surface area contributed by atoms with E-state index in [0.717, 1.165) is 18.5 Å². The molecule has 0 atom stereocenters. The standard InChI is InChI=1S/C13H16N2O3/c1-9-5-4-6-10(14-9)11(16)15-13(12(17)18)7-2-3-8-13/h4-6H,2-3,7-8H2,1H3,(H,15,16)(H,17,18). The van der Waals surface area contributed by atoms with Crippen molar-refractivity contribution in [1.29, 1.82) is 0 Å².